The SMILES string of the molecule is COc1ccc(N2CCN(c3ccnc4ccccc34)CC2)cc1. The number of para-hydroxylation sites is 1. The van der Waals surface area contributed by atoms with Gasteiger partial charge in [0, 0.05) is 49.1 Å². The summed E-state index contributed by atoms with van der Waals surface area (Å²) in [6, 6.07) is 18.8. The predicted octanol–water partition coefficient (Wildman–Crippen LogP) is 3.57. The molecule has 4 heteroatoms. The molecule has 0 unspecified atom stereocenters. The van der Waals surface area contributed by atoms with Crippen molar-refractivity contribution in [2.24, 2.45) is 0 Å². The van der Waals surface area contributed by atoms with Crippen LogP contribution in [0.2, 0.25) is 0 Å². The van der Waals surface area contributed by atoms with Crippen LogP contribution in [0.15, 0.2) is 60.8 Å². The lowest BCUT2D eigenvalue weighted by Gasteiger charge is -2.37. The maximum atomic E-state index is 5.24. The summed E-state index contributed by atoms with van der Waals surface area (Å²) < 4.78 is 5.24. The first-order valence-electron chi connectivity index (χ1n) is 8.33. The minimum absolute atomic E-state index is 0.903. The fraction of sp³-hybridized carbons (Fsp3) is 0.250. The Hall–Kier alpha value is -2.75. The third kappa shape index (κ3) is 2.75. The zero-order valence-electron chi connectivity index (χ0n) is 13.9. The molecule has 0 bridgehead atoms. The summed E-state index contributed by atoms with van der Waals surface area (Å²) in [6.07, 6.45) is 1.91. The molecule has 122 valence electrons. The number of benzene rings is 2. The summed E-state index contributed by atoms with van der Waals surface area (Å²) in [4.78, 5) is 9.36. The highest BCUT2D eigenvalue weighted by atomic mass is 16.5. The van der Waals surface area contributed by atoms with Gasteiger partial charge in [0.25, 0.3) is 0 Å². The normalized spacial score (nSPS) is 14.9. The lowest BCUT2D eigenvalue weighted by molar-refractivity contribution is 0.415. The smallest absolute Gasteiger partial charge is 0.119 e. The zero-order valence-corrected chi connectivity index (χ0v) is 13.9. The highest BCUT2D eigenvalue weighted by Crippen LogP contribution is 2.27. The van der Waals surface area contributed by atoms with Crippen LogP contribution >= 0.6 is 0 Å². The van der Waals surface area contributed by atoms with Crippen molar-refractivity contribution in [3.63, 3.8) is 0 Å². The van der Waals surface area contributed by atoms with Gasteiger partial charge in [-0.15, -0.1) is 0 Å². The number of hydrogen-bond acceptors (Lipinski definition) is 4. The Bertz CT molecular complexity index is 818. The molecule has 0 radical (unpaired) electrons. The van der Waals surface area contributed by atoms with E-state index in [2.05, 4.69) is 51.2 Å². The lowest BCUT2D eigenvalue weighted by Crippen LogP contribution is -2.46. The Balaban J connectivity index is 1.51. The number of aromatic nitrogens is 1. The van der Waals surface area contributed by atoms with Gasteiger partial charge < -0.3 is 14.5 Å². The Labute approximate surface area is 142 Å². The molecule has 1 fully saturated rings. The molecular weight excluding hydrogens is 298 g/mol. The molecule has 2 heterocycles. The first-order valence-corrected chi connectivity index (χ1v) is 8.33. The van der Waals surface area contributed by atoms with Gasteiger partial charge in [0.05, 0.1) is 12.6 Å². The minimum atomic E-state index is 0.903. The number of rotatable bonds is 3. The number of piperazine rings is 1. The second-order valence-corrected chi connectivity index (χ2v) is 6.02. The number of ether oxygens (including phenoxy) is 1. The van der Waals surface area contributed by atoms with Crippen molar-refractivity contribution in [3.05, 3.63) is 60.8 Å². The maximum absolute atomic E-state index is 5.24. The number of pyridine rings is 1. The summed E-state index contributed by atoms with van der Waals surface area (Å²) in [7, 11) is 1.70. The molecular formula is C20H21N3O. The van der Waals surface area contributed by atoms with Crippen molar-refractivity contribution < 1.29 is 4.74 Å². The van der Waals surface area contributed by atoms with E-state index < -0.39 is 0 Å². The van der Waals surface area contributed by atoms with Gasteiger partial charge >= 0.3 is 0 Å². The zero-order chi connectivity index (χ0) is 16.4. The van der Waals surface area contributed by atoms with Crippen molar-refractivity contribution >= 4 is 22.3 Å². The summed E-state index contributed by atoms with van der Waals surface area (Å²) in [5, 5.41) is 1.23. The molecule has 3 aromatic rings. The van der Waals surface area contributed by atoms with Gasteiger partial charge in [0.15, 0.2) is 0 Å². The van der Waals surface area contributed by atoms with Crippen LogP contribution in [0.4, 0.5) is 11.4 Å². The fourth-order valence-corrected chi connectivity index (χ4v) is 3.36. The molecule has 0 saturated carbocycles. The van der Waals surface area contributed by atoms with E-state index in [1.54, 1.807) is 7.11 Å². The van der Waals surface area contributed by atoms with E-state index in [1.807, 2.05) is 24.4 Å². The summed E-state index contributed by atoms with van der Waals surface area (Å²) in [5.74, 6) is 0.903. The minimum Gasteiger partial charge on any atom is -0.497 e. The van der Waals surface area contributed by atoms with E-state index in [0.717, 1.165) is 37.4 Å². The van der Waals surface area contributed by atoms with Gasteiger partial charge in [-0.1, -0.05) is 18.2 Å². The van der Waals surface area contributed by atoms with E-state index in [-0.39, 0.29) is 0 Å². The predicted molar refractivity (Wildman–Crippen MR) is 99.2 cm³/mol. The quantitative estimate of drug-likeness (QED) is 0.738. The summed E-state index contributed by atoms with van der Waals surface area (Å²) >= 11 is 0. The van der Waals surface area contributed by atoms with E-state index in [1.165, 1.54) is 16.8 Å². The Morgan fingerprint density at radius 2 is 1.54 bits per heavy atom. The van der Waals surface area contributed by atoms with E-state index >= 15 is 0 Å². The largest absolute Gasteiger partial charge is 0.497 e. The van der Waals surface area contributed by atoms with Crippen LogP contribution in [0, 0.1) is 0 Å². The second-order valence-electron chi connectivity index (χ2n) is 6.02. The van der Waals surface area contributed by atoms with Crippen molar-refractivity contribution in [3.8, 4) is 5.75 Å². The van der Waals surface area contributed by atoms with Crippen LogP contribution in [0.3, 0.4) is 0 Å². The van der Waals surface area contributed by atoms with Crippen LogP contribution in [0.1, 0.15) is 0 Å². The first kappa shape index (κ1) is 14.8. The monoisotopic (exact) mass is 319 g/mol. The number of methoxy groups -OCH3 is 1. The van der Waals surface area contributed by atoms with Crippen LogP contribution in [0.25, 0.3) is 10.9 Å². The van der Waals surface area contributed by atoms with Gasteiger partial charge in [-0.05, 0) is 36.4 Å². The molecule has 0 amide bonds. The number of anilines is 2. The van der Waals surface area contributed by atoms with Crippen molar-refractivity contribution in [2.45, 2.75) is 0 Å². The summed E-state index contributed by atoms with van der Waals surface area (Å²) in [6.45, 7) is 4.06. The molecule has 1 saturated heterocycles. The standard InChI is InChI=1S/C20H21N3O/c1-24-17-8-6-16(7-9-17)22-12-14-23(15-13-22)20-10-11-21-19-5-3-2-4-18(19)20/h2-11H,12-15H2,1H3. The third-order valence-corrected chi connectivity index (χ3v) is 4.68. The van der Waals surface area contributed by atoms with Gasteiger partial charge in [-0.3, -0.25) is 4.98 Å². The molecule has 0 spiro atoms. The molecule has 4 rings (SSSR count). The Morgan fingerprint density at radius 1 is 0.833 bits per heavy atom. The van der Waals surface area contributed by atoms with Gasteiger partial charge in [-0.25, -0.2) is 0 Å². The lowest BCUT2D eigenvalue weighted by atomic mass is 10.1. The van der Waals surface area contributed by atoms with Crippen LogP contribution in [-0.2, 0) is 0 Å². The average molecular weight is 319 g/mol. The molecule has 0 N–H and O–H groups in total. The molecule has 4 nitrogen and oxygen atoms in total. The number of nitrogens with zero attached hydrogens (tertiary/aromatic N) is 3. The van der Waals surface area contributed by atoms with Crippen LogP contribution in [0.5, 0.6) is 5.75 Å². The average Bonchev–Trinajstić information content (AvgIpc) is 2.68. The van der Waals surface area contributed by atoms with Gasteiger partial charge in [-0.2, -0.15) is 0 Å². The van der Waals surface area contributed by atoms with E-state index in [0.29, 0.717) is 0 Å². The first-order chi connectivity index (χ1) is 11.8. The number of fused-ring (bicyclic) bond motifs is 1. The molecule has 0 aliphatic carbocycles. The van der Waals surface area contributed by atoms with Crippen LogP contribution in [-0.4, -0.2) is 38.3 Å². The third-order valence-electron chi connectivity index (χ3n) is 4.68. The number of hydrogen-bond donors (Lipinski definition) is 0. The van der Waals surface area contributed by atoms with Gasteiger partial charge in [0.2, 0.25) is 0 Å². The van der Waals surface area contributed by atoms with Crippen molar-refractivity contribution in [1.29, 1.82) is 0 Å². The molecule has 1 aliphatic rings. The van der Waals surface area contributed by atoms with E-state index in [9.17, 15) is 0 Å². The Morgan fingerprint density at radius 3 is 2.29 bits per heavy atom. The molecule has 24 heavy (non-hydrogen) atoms. The second kappa shape index (κ2) is 6.40. The van der Waals surface area contributed by atoms with Crippen molar-refractivity contribution in [1.82, 2.24) is 4.98 Å². The maximum Gasteiger partial charge on any atom is 0.119 e. The molecule has 2 aromatic carbocycles. The molecule has 1 aromatic heterocycles. The fourth-order valence-electron chi connectivity index (χ4n) is 3.36. The molecule has 1 aliphatic heterocycles. The van der Waals surface area contributed by atoms with Gasteiger partial charge in [0.1, 0.15) is 5.75 Å². The topological polar surface area (TPSA) is 28.6 Å². The van der Waals surface area contributed by atoms with Crippen molar-refractivity contribution in [2.75, 3.05) is 43.1 Å². The molecule has 0 atom stereocenters. The van der Waals surface area contributed by atoms with E-state index in [4.69, 9.17) is 4.74 Å². The summed E-state index contributed by atoms with van der Waals surface area (Å²) in [5.41, 5.74) is 3.61. The Kier molecular flexibility index (Phi) is 3.95. The highest BCUT2D eigenvalue weighted by Gasteiger charge is 2.19. The highest BCUT2D eigenvalue weighted by molar-refractivity contribution is 5.91. The van der Waals surface area contributed by atoms with Crippen LogP contribution < -0.4 is 14.5 Å².